The number of nitrogens with zero attached hydrogens (tertiary/aromatic N) is 3. The van der Waals surface area contributed by atoms with Crippen LogP contribution in [-0.2, 0) is 13.0 Å². The highest BCUT2D eigenvalue weighted by Crippen LogP contribution is 2.40. The molecule has 0 radical (unpaired) electrons. The Bertz CT molecular complexity index is 1220. The van der Waals surface area contributed by atoms with Crippen molar-refractivity contribution in [3.63, 3.8) is 0 Å². The molecule has 188 valence electrons. The minimum Gasteiger partial charge on any atom is -0.495 e. The highest BCUT2D eigenvalue weighted by molar-refractivity contribution is 7.80. The normalized spacial score (nSPS) is 13.1. The van der Waals surface area contributed by atoms with E-state index in [1.54, 1.807) is 13.3 Å². The predicted molar refractivity (Wildman–Crippen MR) is 156 cm³/mol. The average molecular weight is 552 g/mol. The van der Waals surface area contributed by atoms with Crippen molar-refractivity contribution in [3.8, 4) is 11.5 Å². The number of methoxy groups -OCH3 is 1. The summed E-state index contributed by atoms with van der Waals surface area (Å²) < 4.78 is 11.7. The molecule has 0 aliphatic carbocycles. The number of rotatable bonds is 7. The number of halogens is 1. The molecule has 0 bridgehead atoms. The molecule has 2 aromatic carbocycles. The summed E-state index contributed by atoms with van der Waals surface area (Å²) in [6.07, 6.45) is 2.57. The van der Waals surface area contributed by atoms with E-state index in [9.17, 15) is 0 Å². The molecule has 35 heavy (non-hydrogen) atoms. The molecule has 0 saturated heterocycles. The Morgan fingerprint density at radius 2 is 1.83 bits per heavy atom. The molecule has 7 nitrogen and oxygen atoms in total. The van der Waals surface area contributed by atoms with E-state index < -0.39 is 8.15 Å². The number of fused-ring (bicyclic) bond motifs is 1. The lowest BCUT2D eigenvalue weighted by molar-refractivity contribution is 0.312. The maximum Gasteiger partial charge on any atom is 0.229 e. The lowest BCUT2D eigenvalue weighted by Crippen LogP contribution is -2.26. The Balaban J connectivity index is 0.00000342. The Morgan fingerprint density at radius 1 is 1.09 bits per heavy atom. The van der Waals surface area contributed by atoms with Crippen LogP contribution >= 0.6 is 42.3 Å². The molecule has 2 N–H and O–H groups in total. The molecule has 1 aliphatic rings. The number of anilines is 4. The number of hydrogen-bond donors (Lipinski definition) is 3. The molecule has 1 unspecified atom stereocenters. The molecular formula is C24H32ClN5O2P2S. The molecule has 1 atom stereocenters. The van der Waals surface area contributed by atoms with E-state index in [-0.39, 0.29) is 9.90 Å². The van der Waals surface area contributed by atoms with Crippen LogP contribution in [0.1, 0.15) is 16.7 Å². The van der Waals surface area contributed by atoms with Crippen LogP contribution in [0.2, 0.25) is 5.02 Å². The minimum absolute atomic E-state index is 0. The summed E-state index contributed by atoms with van der Waals surface area (Å²) in [7, 11) is 3.18. The van der Waals surface area contributed by atoms with Crippen LogP contribution in [0.25, 0.3) is 0 Å². The standard InChI is InChI=1S/C24H29ClN5O2PS.H3P/c1-14-8-18(21(11-22(14)34)32-33(4)5)27-23-17(25)12-26-24(29-23)28-19-9-16-13-30(2)7-6-15(16)10-20(19)31-3;/h8-12,34H,6-7,13H2,1-5H3,(H2,26,27,28,29);1H3. The third kappa shape index (κ3) is 6.69. The number of thiol groups is 1. The van der Waals surface area contributed by atoms with E-state index in [4.69, 9.17) is 20.9 Å². The molecule has 4 rings (SSSR count). The van der Waals surface area contributed by atoms with E-state index in [0.29, 0.717) is 22.5 Å². The van der Waals surface area contributed by atoms with Crippen molar-refractivity contribution in [1.29, 1.82) is 0 Å². The fourth-order valence-electron chi connectivity index (χ4n) is 3.80. The molecule has 1 aliphatic heterocycles. The number of likely N-dealkylation sites (N-methyl/N-ethyl adjacent to an activating group) is 1. The third-order valence-corrected chi connectivity index (χ3v) is 6.87. The Labute approximate surface area is 222 Å². The van der Waals surface area contributed by atoms with Crippen LogP contribution in [0.4, 0.5) is 23.1 Å². The first-order valence-corrected chi connectivity index (χ1v) is 13.8. The van der Waals surface area contributed by atoms with Crippen LogP contribution < -0.4 is 19.9 Å². The van der Waals surface area contributed by atoms with Gasteiger partial charge in [0.05, 0.1) is 32.8 Å². The van der Waals surface area contributed by atoms with Gasteiger partial charge in [-0.2, -0.15) is 14.9 Å². The van der Waals surface area contributed by atoms with E-state index in [2.05, 4.69) is 57.3 Å². The maximum atomic E-state index is 6.45. The lowest BCUT2D eigenvalue weighted by Gasteiger charge is -2.26. The molecule has 0 amide bonds. The van der Waals surface area contributed by atoms with Crippen molar-refractivity contribution >= 4 is 65.4 Å². The Hall–Kier alpha value is -1.82. The van der Waals surface area contributed by atoms with Crippen molar-refractivity contribution in [2.45, 2.75) is 24.8 Å². The monoisotopic (exact) mass is 551 g/mol. The predicted octanol–water partition coefficient (Wildman–Crippen LogP) is 6.30. The summed E-state index contributed by atoms with van der Waals surface area (Å²) >= 11 is 11.0. The van der Waals surface area contributed by atoms with Crippen LogP contribution in [0.15, 0.2) is 35.4 Å². The number of ether oxygens (including phenoxy) is 1. The van der Waals surface area contributed by atoms with Crippen molar-refractivity contribution in [1.82, 2.24) is 14.9 Å². The highest BCUT2D eigenvalue weighted by Gasteiger charge is 2.18. The van der Waals surface area contributed by atoms with E-state index in [1.807, 2.05) is 32.4 Å². The third-order valence-electron chi connectivity index (χ3n) is 5.55. The van der Waals surface area contributed by atoms with Crippen LogP contribution in [0.5, 0.6) is 11.5 Å². The average Bonchev–Trinajstić information content (AvgIpc) is 2.78. The molecular weight excluding hydrogens is 520 g/mol. The van der Waals surface area contributed by atoms with Crippen LogP contribution in [0.3, 0.4) is 0 Å². The largest absolute Gasteiger partial charge is 0.495 e. The molecule has 0 spiro atoms. The van der Waals surface area contributed by atoms with Crippen molar-refractivity contribution in [2.75, 3.05) is 44.7 Å². The first-order valence-electron chi connectivity index (χ1n) is 10.9. The first-order chi connectivity index (χ1) is 16.2. The van der Waals surface area contributed by atoms with Gasteiger partial charge in [-0.3, -0.25) is 0 Å². The van der Waals surface area contributed by atoms with Gasteiger partial charge in [0.25, 0.3) is 0 Å². The van der Waals surface area contributed by atoms with Gasteiger partial charge in [-0.1, -0.05) is 11.6 Å². The van der Waals surface area contributed by atoms with Crippen molar-refractivity contribution in [3.05, 3.63) is 52.2 Å². The lowest BCUT2D eigenvalue weighted by atomic mass is 9.99. The van der Waals surface area contributed by atoms with Crippen LogP contribution in [0, 0.1) is 6.92 Å². The van der Waals surface area contributed by atoms with Gasteiger partial charge in [-0.15, -0.1) is 12.6 Å². The fraction of sp³-hybridized carbons (Fsp3) is 0.333. The number of aromatic nitrogens is 2. The molecule has 2 heterocycles. The molecule has 0 saturated carbocycles. The summed E-state index contributed by atoms with van der Waals surface area (Å²) in [5.74, 6) is 2.35. The second-order valence-corrected chi connectivity index (χ2v) is 11.2. The first kappa shape index (κ1) is 27.8. The van der Waals surface area contributed by atoms with Gasteiger partial charge >= 0.3 is 0 Å². The number of aryl methyl sites for hydroxylation is 1. The highest BCUT2D eigenvalue weighted by atomic mass is 35.5. The van der Waals surface area contributed by atoms with Crippen LogP contribution in [-0.4, -0.2) is 48.9 Å². The van der Waals surface area contributed by atoms with Gasteiger partial charge in [0.15, 0.2) is 5.82 Å². The van der Waals surface area contributed by atoms with E-state index >= 15 is 0 Å². The number of nitrogens with one attached hydrogen (secondary N) is 2. The van der Waals surface area contributed by atoms with Gasteiger partial charge in [0.1, 0.15) is 16.5 Å². The smallest absolute Gasteiger partial charge is 0.229 e. The van der Waals surface area contributed by atoms with Gasteiger partial charge in [0.2, 0.25) is 5.95 Å². The Morgan fingerprint density at radius 3 is 2.54 bits per heavy atom. The molecule has 3 aromatic rings. The summed E-state index contributed by atoms with van der Waals surface area (Å²) in [6.45, 7) is 8.01. The summed E-state index contributed by atoms with van der Waals surface area (Å²) in [6, 6.07) is 8.09. The summed E-state index contributed by atoms with van der Waals surface area (Å²) in [5, 5.41) is 7.02. The molecule has 0 fully saturated rings. The number of hydrogen-bond acceptors (Lipinski definition) is 8. The zero-order valence-electron chi connectivity index (χ0n) is 20.6. The molecule has 1 aromatic heterocycles. The van der Waals surface area contributed by atoms with Gasteiger partial charge in [-0.25, -0.2) is 4.98 Å². The number of benzene rings is 2. The van der Waals surface area contributed by atoms with Gasteiger partial charge < -0.3 is 24.8 Å². The van der Waals surface area contributed by atoms with E-state index in [1.165, 1.54) is 11.1 Å². The van der Waals surface area contributed by atoms with Crippen molar-refractivity contribution in [2.24, 2.45) is 0 Å². The second-order valence-electron chi connectivity index (χ2n) is 8.49. The zero-order chi connectivity index (χ0) is 24.4. The topological polar surface area (TPSA) is 71.5 Å². The summed E-state index contributed by atoms with van der Waals surface area (Å²) in [4.78, 5) is 12.2. The van der Waals surface area contributed by atoms with Gasteiger partial charge in [-0.05, 0) is 74.7 Å². The zero-order valence-corrected chi connectivity index (χ0v) is 24.6. The van der Waals surface area contributed by atoms with Crippen molar-refractivity contribution < 1.29 is 9.26 Å². The SMILES string of the molecule is COc1cc2c(cc1Nc1ncc(Cl)c(Nc3cc(C)c(S)cc3OP(C)C)n1)CN(C)CC2.P. The Kier molecular flexibility index (Phi) is 9.47. The second kappa shape index (κ2) is 11.9. The molecule has 11 heteroatoms. The maximum absolute atomic E-state index is 6.45. The van der Waals surface area contributed by atoms with E-state index in [0.717, 1.165) is 47.1 Å². The fourth-order valence-corrected chi connectivity index (χ4v) is 4.67. The summed E-state index contributed by atoms with van der Waals surface area (Å²) in [5.41, 5.74) is 5.17. The quantitative estimate of drug-likeness (QED) is 0.235. The minimum atomic E-state index is -0.620. The van der Waals surface area contributed by atoms with Gasteiger partial charge in [0, 0.05) is 18.0 Å².